The van der Waals surface area contributed by atoms with Gasteiger partial charge in [0.05, 0.1) is 9.85 Å². The summed E-state index contributed by atoms with van der Waals surface area (Å²) in [5.41, 5.74) is 0.111. The number of ketones is 1. The number of hydrogen-bond donors (Lipinski definition) is 0. The van der Waals surface area contributed by atoms with Crippen LogP contribution in [-0.2, 0) is 4.79 Å². The lowest BCUT2D eigenvalue weighted by Gasteiger charge is -2.09. The molecule has 0 aliphatic heterocycles. The normalized spacial score (nSPS) is 16.3. The van der Waals surface area contributed by atoms with Crippen LogP contribution in [0, 0.1) is 20.2 Å². The lowest BCUT2D eigenvalue weighted by atomic mass is 9.93. The Morgan fingerprint density at radius 1 is 0.900 bits per heavy atom. The highest BCUT2D eigenvalue weighted by atomic mass is 16.6. The van der Waals surface area contributed by atoms with Gasteiger partial charge in [0.25, 0.3) is 5.78 Å². The summed E-state index contributed by atoms with van der Waals surface area (Å²) in [6.07, 6.45) is 2.61. The summed E-state index contributed by atoms with van der Waals surface area (Å²) in [5, 5.41) is 21.8. The number of carbonyl (C=O) groups is 1. The lowest BCUT2D eigenvalue weighted by molar-refractivity contribution is -0.463. The molecule has 0 amide bonds. The highest BCUT2D eigenvalue weighted by Crippen LogP contribution is 2.41. The monoisotopic (exact) mass is 270 g/mol. The van der Waals surface area contributed by atoms with Gasteiger partial charge in [-0.1, -0.05) is 24.3 Å². The van der Waals surface area contributed by atoms with E-state index >= 15 is 0 Å². The zero-order chi connectivity index (χ0) is 14.4. The Bertz CT molecular complexity index is 786. The van der Waals surface area contributed by atoms with Crippen molar-refractivity contribution in [3.63, 3.8) is 0 Å². The summed E-state index contributed by atoms with van der Waals surface area (Å²) in [4.78, 5) is 32.1. The van der Waals surface area contributed by atoms with Crippen LogP contribution in [-0.4, -0.2) is 15.6 Å². The fraction of sp³-hybridized carbons (Fsp3) is 0. The third-order valence-corrected chi connectivity index (χ3v) is 3.20. The van der Waals surface area contributed by atoms with Gasteiger partial charge in [0.2, 0.25) is 0 Å². The first-order valence-corrected chi connectivity index (χ1v) is 5.61. The predicted octanol–water partition coefficient (Wildman–Crippen LogP) is 1.81. The molecule has 0 heterocycles. The Kier molecular flexibility index (Phi) is 2.37. The van der Waals surface area contributed by atoms with E-state index in [-0.39, 0.29) is 5.57 Å². The largest absolute Gasteiger partial charge is 0.393 e. The minimum Gasteiger partial charge on any atom is -0.281 e. The van der Waals surface area contributed by atoms with E-state index in [9.17, 15) is 25.0 Å². The fourth-order valence-electron chi connectivity index (χ4n) is 2.35. The van der Waals surface area contributed by atoms with Crippen molar-refractivity contribution in [2.24, 2.45) is 0 Å². The van der Waals surface area contributed by atoms with Crippen molar-refractivity contribution in [1.82, 2.24) is 0 Å². The summed E-state index contributed by atoms with van der Waals surface area (Å²) in [6, 6.07) is 6.95. The molecule has 0 fully saturated rings. The molecule has 0 radical (unpaired) electrons. The topological polar surface area (TPSA) is 103 Å². The number of allylic oxidation sites excluding steroid dienone is 3. The fourth-order valence-corrected chi connectivity index (χ4v) is 2.35. The van der Waals surface area contributed by atoms with Gasteiger partial charge >= 0.3 is 11.4 Å². The average Bonchev–Trinajstić information content (AvgIpc) is 2.77. The quantitative estimate of drug-likeness (QED) is 0.602. The Morgan fingerprint density at radius 3 is 2.25 bits per heavy atom. The van der Waals surface area contributed by atoms with Crippen molar-refractivity contribution in [2.75, 3.05) is 0 Å². The van der Waals surface area contributed by atoms with Crippen molar-refractivity contribution in [2.45, 2.75) is 0 Å². The van der Waals surface area contributed by atoms with Gasteiger partial charge in [0.1, 0.15) is 0 Å². The molecule has 1 aromatic carbocycles. The summed E-state index contributed by atoms with van der Waals surface area (Å²) < 4.78 is 0. The number of benzene rings is 1. The molecule has 0 bridgehead atoms. The molecule has 1 aromatic rings. The van der Waals surface area contributed by atoms with Gasteiger partial charge in [-0.2, -0.15) is 0 Å². The third kappa shape index (κ3) is 1.50. The summed E-state index contributed by atoms with van der Waals surface area (Å²) >= 11 is 0. The number of fused-ring (bicyclic) bond motifs is 3. The molecule has 7 nitrogen and oxygen atoms in total. The second-order valence-electron chi connectivity index (χ2n) is 4.28. The van der Waals surface area contributed by atoms with Gasteiger partial charge in [-0.3, -0.25) is 25.0 Å². The Morgan fingerprint density at radius 2 is 1.60 bits per heavy atom. The Hall–Kier alpha value is -3.09. The van der Waals surface area contributed by atoms with Crippen LogP contribution in [0.2, 0.25) is 0 Å². The molecule has 7 heteroatoms. The SMILES string of the molecule is O=C1C2=Cc3ccccc3C2=CC([N+](=O)[O-])=C1[N+](=O)[O-]. The van der Waals surface area contributed by atoms with Crippen LogP contribution in [0.5, 0.6) is 0 Å². The van der Waals surface area contributed by atoms with Crippen molar-refractivity contribution < 1.29 is 14.6 Å². The maximum atomic E-state index is 12.1. The zero-order valence-corrected chi connectivity index (χ0v) is 9.90. The third-order valence-electron chi connectivity index (χ3n) is 3.20. The van der Waals surface area contributed by atoms with Crippen molar-refractivity contribution >= 4 is 17.4 Å². The molecular weight excluding hydrogens is 264 g/mol. The van der Waals surface area contributed by atoms with Crippen LogP contribution in [0.15, 0.2) is 47.3 Å². The Balaban J connectivity index is 2.29. The van der Waals surface area contributed by atoms with Crippen LogP contribution in [0.25, 0.3) is 11.6 Å². The van der Waals surface area contributed by atoms with E-state index in [2.05, 4.69) is 0 Å². The number of nitrogens with zero attached hydrogens (tertiary/aromatic N) is 2. The number of Topliss-reactive ketones (excluding diaryl/α,β-unsaturated/α-hetero) is 1. The first-order valence-electron chi connectivity index (χ1n) is 5.61. The molecule has 0 atom stereocenters. The molecule has 0 saturated carbocycles. The Labute approximate surface area is 111 Å². The molecule has 2 aliphatic rings. The summed E-state index contributed by atoms with van der Waals surface area (Å²) in [5.74, 6) is -0.921. The highest BCUT2D eigenvalue weighted by Gasteiger charge is 2.43. The summed E-state index contributed by atoms with van der Waals surface area (Å²) in [7, 11) is 0. The molecule has 20 heavy (non-hydrogen) atoms. The minimum atomic E-state index is -1.00. The second kappa shape index (κ2) is 3.95. The van der Waals surface area contributed by atoms with Crippen molar-refractivity contribution in [3.8, 4) is 0 Å². The van der Waals surface area contributed by atoms with E-state index in [1.165, 1.54) is 6.08 Å². The van der Waals surface area contributed by atoms with Gasteiger partial charge in [-0.15, -0.1) is 0 Å². The highest BCUT2D eigenvalue weighted by molar-refractivity contribution is 6.25. The molecule has 0 unspecified atom stereocenters. The minimum absolute atomic E-state index is 0.128. The van der Waals surface area contributed by atoms with Gasteiger partial charge < -0.3 is 0 Å². The average molecular weight is 270 g/mol. The molecular formula is C13H6N2O5. The molecule has 0 aromatic heterocycles. The molecule has 0 saturated heterocycles. The summed E-state index contributed by atoms with van der Waals surface area (Å²) in [6.45, 7) is 0. The van der Waals surface area contributed by atoms with Crippen LogP contribution < -0.4 is 0 Å². The maximum Gasteiger partial charge on any atom is 0.393 e. The van der Waals surface area contributed by atoms with E-state index in [0.29, 0.717) is 11.1 Å². The van der Waals surface area contributed by atoms with Crippen molar-refractivity contribution in [1.29, 1.82) is 0 Å². The molecule has 0 spiro atoms. The molecule has 98 valence electrons. The van der Waals surface area contributed by atoms with E-state index < -0.39 is 27.0 Å². The smallest absolute Gasteiger partial charge is 0.281 e. The standard InChI is InChI=1S/C13H6N2O5/c16-13-10-5-7-3-1-2-4-8(7)9(10)6-11(14(17)18)12(13)15(19)20/h1-6H. The van der Waals surface area contributed by atoms with Crippen LogP contribution in [0.4, 0.5) is 0 Å². The van der Waals surface area contributed by atoms with Gasteiger partial charge in [-0.25, -0.2) is 0 Å². The van der Waals surface area contributed by atoms with Gasteiger partial charge in [0.15, 0.2) is 0 Å². The van der Waals surface area contributed by atoms with E-state index in [4.69, 9.17) is 0 Å². The van der Waals surface area contributed by atoms with Crippen LogP contribution in [0.1, 0.15) is 11.1 Å². The molecule has 2 aliphatic carbocycles. The molecule has 0 N–H and O–H groups in total. The number of rotatable bonds is 2. The first-order chi connectivity index (χ1) is 9.50. The van der Waals surface area contributed by atoms with Gasteiger partial charge in [-0.05, 0) is 17.2 Å². The zero-order valence-electron chi connectivity index (χ0n) is 9.90. The van der Waals surface area contributed by atoms with E-state index in [0.717, 1.165) is 11.6 Å². The molecule has 3 rings (SSSR count). The van der Waals surface area contributed by atoms with E-state index in [1.54, 1.807) is 24.3 Å². The predicted molar refractivity (Wildman–Crippen MR) is 68.4 cm³/mol. The van der Waals surface area contributed by atoms with Gasteiger partial charge in [0, 0.05) is 17.2 Å². The maximum absolute atomic E-state index is 12.1. The number of nitro groups is 2. The van der Waals surface area contributed by atoms with Crippen LogP contribution in [0.3, 0.4) is 0 Å². The lowest BCUT2D eigenvalue weighted by Crippen LogP contribution is -2.22. The first kappa shape index (κ1) is 12.0. The van der Waals surface area contributed by atoms with E-state index in [1.807, 2.05) is 0 Å². The number of carbonyl (C=O) groups excluding carboxylic acids is 1. The van der Waals surface area contributed by atoms with Crippen molar-refractivity contribution in [3.05, 3.63) is 78.7 Å². The van der Waals surface area contributed by atoms with Crippen LogP contribution >= 0.6 is 0 Å². The number of hydrogen-bond acceptors (Lipinski definition) is 5. The second-order valence-corrected chi connectivity index (χ2v) is 4.28.